The molecule has 0 aromatic heterocycles. The van der Waals surface area contributed by atoms with E-state index in [-0.39, 0.29) is 29.9 Å². The van der Waals surface area contributed by atoms with Gasteiger partial charge in [-0.2, -0.15) is 0 Å². The summed E-state index contributed by atoms with van der Waals surface area (Å²) in [7, 11) is 0. The summed E-state index contributed by atoms with van der Waals surface area (Å²) in [5.74, 6) is -2.15. The molecule has 9 atom stereocenters. The Balaban J connectivity index is 1.21. The van der Waals surface area contributed by atoms with Gasteiger partial charge >= 0.3 is 17.9 Å². The minimum atomic E-state index is -1.90. The normalized spacial score (nSPS) is 21.8. The number of unbranched alkanes of at least 4 members (excludes halogenated alkanes) is 2. The summed E-state index contributed by atoms with van der Waals surface area (Å²) in [5.41, 5.74) is 8.09. The van der Waals surface area contributed by atoms with Crippen LogP contribution in [-0.4, -0.2) is 98.6 Å². The smallest absolute Gasteiger partial charge is 0.338 e. The van der Waals surface area contributed by atoms with E-state index in [1.807, 2.05) is 60.7 Å². The lowest BCUT2D eigenvalue weighted by atomic mass is 9.97. The molecule has 0 radical (unpaired) electrons. The lowest BCUT2D eigenvalue weighted by Gasteiger charge is -2.49. The van der Waals surface area contributed by atoms with Gasteiger partial charge in [0.2, 0.25) is 0 Å². The highest BCUT2D eigenvalue weighted by molar-refractivity contribution is 5.90. The molecule has 2 saturated heterocycles. The van der Waals surface area contributed by atoms with Crippen molar-refractivity contribution in [3.8, 4) is 0 Å². The van der Waals surface area contributed by atoms with Crippen LogP contribution in [0.25, 0.3) is 0 Å². The lowest BCUT2D eigenvalue weighted by Crippen LogP contribution is -2.64. The molecule has 14 heteroatoms. The zero-order chi connectivity index (χ0) is 45.9. The molecule has 2 aliphatic heterocycles. The largest absolute Gasteiger partial charge is 0.458 e. The number of carbonyl (C=O) groups is 3. The summed E-state index contributed by atoms with van der Waals surface area (Å²) < 4.78 is 56.3. The number of hydrogen-bond acceptors (Lipinski definition) is 14. The molecule has 7 rings (SSSR count). The number of hydrogen-bond donors (Lipinski definition) is 2. The number of ether oxygens (including phenoxy) is 9. The second-order valence-corrected chi connectivity index (χ2v) is 15.6. The molecule has 2 fully saturated rings. The maximum Gasteiger partial charge on any atom is 0.338 e. The average Bonchev–Trinajstić information content (AvgIpc) is 3.37. The third-order valence-corrected chi connectivity index (χ3v) is 10.8. The Kier molecular flexibility index (Phi) is 18.1. The zero-order valence-electron chi connectivity index (χ0n) is 36.4. The van der Waals surface area contributed by atoms with E-state index in [4.69, 9.17) is 48.4 Å². The zero-order valence-corrected chi connectivity index (χ0v) is 36.4. The Labute approximate surface area is 384 Å². The predicted molar refractivity (Wildman–Crippen MR) is 241 cm³/mol. The highest BCUT2D eigenvalue weighted by Gasteiger charge is 2.53. The Morgan fingerprint density at radius 3 is 1.85 bits per heavy atom. The molecular weight excluding hydrogens is 847 g/mol. The van der Waals surface area contributed by atoms with Crippen molar-refractivity contribution in [2.24, 2.45) is 5.73 Å². The number of esters is 3. The van der Waals surface area contributed by atoms with Gasteiger partial charge in [-0.05, 0) is 79.9 Å². The van der Waals surface area contributed by atoms with Gasteiger partial charge in [-0.15, -0.1) is 0 Å². The van der Waals surface area contributed by atoms with Crippen LogP contribution in [0.1, 0.15) is 67.8 Å². The Morgan fingerprint density at radius 2 is 1.23 bits per heavy atom. The van der Waals surface area contributed by atoms with Gasteiger partial charge in [0.1, 0.15) is 31.0 Å². The fraction of sp³-hybridized carbons (Fsp3) is 0.327. The minimum Gasteiger partial charge on any atom is -0.458 e. The third kappa shape index (κ3) is 13.7. The van der Waals surface area contributed by atoms with Crippen molar-refractivity contribution in [2.75, 3.05) is 26.4 Å². The van der Waals surface area contributed by atoms with Crippen LogP contribution in [0.2, 0.25) is 0 Å². The van der Waals surface area contributed by atoms with E-state index in [9.17, 15) is 19.5 Å². The summed E-state index contributed by atoms with van der Waals surface area (Å²) in [5, 5.41) is 12.3. The molecule has 0 aliphatic carbocycles. The summed E-state index contributed by atoms with van der Waals surface area (Å²) in [6.07, 6.45) is -5.19. The van der Waals surface area contributed by atoms with E-state index < -0.39 is 80.0 Å². The van der Waals surface area contributed by atoms with Crippen LogP contribution in [-0.2, 0) is 49.2 Å². The van der Waals surface area contributed by atoms with Crippen LogP contribution in [0.4, 0.5) is 0 Å². The van der Waals surface area contributed by atoms with Gasteiger partial charge in [0.05, 0.1) is 29.9 Å². The van der Waals surface area contributed by atoms with E-state index in [1.54, 1.807) is 91.0 Å². The number of rotatable bonds is 22. The van der Waals surface area contributed by atoms with Crippen LogP contribution in [0.5, 0.6) is 0 Å². The number of aliphatic hydroxyl groups is 1. The second kappa shape index (κ2) is 25.0. The van der Waals surface area contributed by atoms with Crippen molar-refractivity contribution in [3.63, 3.8) is 0 Å². The molecule has 5 aromatic rings. The van der Waals surface area contributed by atoms with E-state index in [0.29, 0.717) is 19.6 Å². The number of benzene rings is 5. The highest BCUT2D eigenvalue weighted by Crippen LogP contribution is 2.38. The number of nitrogens with two attached hydrogens (primary N) is 1. The van der Waals surface area contributed by atoms with E-state index in [2.05, 4.69) is 0 Å². The van der Waals surface area contributed by atoms with Crippen molar-refractivity contribution >= 4 is 17.9 Å². The van der Waals surface area contributed by atoms with Crippen LogP contribution in [0.15, 0.2) is 164 Å². The summed E-state index contributed by atoms with van der Waals surface area (Å²) in [6.45, 7) is 0.653. The van der Waals surface area contributed by atoms with Gasteiger partial charge < -0.3 is 53.5 Å². The topological polar surface area (TPSA) is 181 Å². The molecule has 3 N–H and O–H groups in total. The maximum absolute atomic E-state index is 13.7. The van der Waals surface area contributed by atoms with E-state index >= 15 is 0 Å². The molecular formula is C52H55NO13. The molecule has 2 heterocycles. The first-order chi connectivity index (χ1) is 32.4. The minimum absolute atomic E-state index is 0.0844. The fourth-order valence-electron chi connectivity index (χ4n) is 7.33. The van der Waals surface area contributed by atoms with Crippen LogP contribution < -0.4 is 5.73 Å². The quantitative estimate of drug-likeness (QED) is 0.0236. The molecule has 66 heavy (non-hydrogen) atoms. The molecule has 0 saturated carbocycles. The molecule has 5 aromatic carbocycles. The van der Waals surface area contributed by atoms with Gasteiger partial charge in [0.25, 0.3) is 0 Å². The standard InChI is InChI=1S/C52H55NO13/c53-31-17-6-18-32-58-52-46(59-33-36-19-7-1-8-20-36)45(44-43(64-52)35-61-51(66-44)40-27-15-5-16-28-40)65-50(57)42(63-49(56)39-25-13-4-14-26-39)30-29-41(62-48(55)38-23-11-3-12-24-38)34-60-47(54)37-21-9-2-10-22-37/h1-5,7-16,19-30,41-46,50-52,57H,6,17-18,31-35,53H2/b30-29+/t41-,42?,43?,44?,45?,46?,50?,51?,52?/m0/s1. The van der Waals surface area contributed by atoms with Crippen LogP contribution in [0, 0.1) is 0 Å². The summed E-state index contributed by atoms with van der Waals surface area (Å²) >= 11 is 0. The lowest BCUT2D eigenvalue weighted by molar-refractivity contribution is -0.383. The Bertz CT molecular complexity index is 2250. The van der Waals surface area contributed by atoms with Crippen molar-refractivity contribution < 1.29 is 62.1 Å². The number of aliphatic hydroxyl groups excluding tert-OH is 1. The van der Waals surface area contributed by atoms with Crippen molar-refractivity contribution in [1.29, 1.82) is 0 Å². The van der Waals surface area contributed by atoms with Crippen LogP contribution >= 0.6 is 0 Å². The van der Waals surface area contributed by atoms with Gasteiger partial charge in [-0.1, -0.05) is 115 Å². The highest BCUT2D eigenvalue weighted by atomic mass is 16.8. The first kappa shape index (κ1) is 47.9. The third-order valence-electron chi connectivity index (χ3n) is 10.8. The summed E-state index contributed by atoms with van der Waals surface area (Å²) in [4.78, 5) is 40.2. The second-order valence-electron chi connectivity index (χ2n) is 15.6. The molecule has 0 spiro atoms. The van der Waals surface area contributed by atoms with Gasteiger partial charge in [0, 0.05) is 12.2 Å². The van der Waals surface area contributed by atoms with E-state index in [0.717, 1.165) is 24.0 Å². The van der Waals surface area contributed by atoms with Gasteiger partial charge in [-0.3, -0.25) is 0 Å². The maximum atomic E-state index is 13.7. The first-order valence-electron chi connectivity index (χ1n) is 22.1. The molecule has 0 amide bonds. The van der Waals surface area contributed by atoms with Crippen molar-refractivity contribution in [1.82, 2.24) is 0 Å². The number of carbonyl (C=O) groups excluding carboxylic acids is 3. The number of fused-ring (bicyclic) bond motifs is 1. The molecule has 346 valence electrons. The van der Waals surface area contributed by atoms with E-state index in [1.165, 1.54) is 12.2 Å². The molecule has 8 unspecified atom stereocenters. The van der Waals surface area contributed by atoms with Gasteiger partial charge in [0.15, 0.2) is 31.1 Å². The molecule has 14 nitrogen and oxygen atoms in total. The first-order valence-corrected chi connectivity index (χ1v) is 22.1. The molecule has 2 aliphatic rings. The Morgan fingerprint density at radius 1 is 0.652 bits per heavy atom. The molecule has 0 bridgehead atoms. The van der Waals surface area contributed by atoms with Crippen molar-refractivity contribution in [2.45, 2.75) is 81.4 Å². The fourth-order valence-corrected chi connectivity index (χ4v) is 7.33. The summed E-state index contributed by atoms with van der Waals surface area (Å²) in [6, 6.07) is 43.7. The Hall–Kier alpha value is -6.07. The van der Waals surface area contributed by atoms with Crippen molar-refractivity contribution in [3.05, 3.63) is 192 Å². The average molecular weight is 902 g/mol. The SMILES string of the molecule is NCCCCCOC1OC2COC(c3ccccc3)OC2C(OC(O)C(/C=C/[C@@H](COC(=O)c2ccccc2)OC(=O)c2ccccc2)OC(=O)c2ccccc2)C1OCc1ccccc1. The monoisotopic (exact) mass is 901 g/mol. The van der Waals surface area contributed by atoms with Crippen LogP contribution in [0.3, 0.4) is 0 Å². The predicted octanol–water partition coefficient (Wildman–Crippen LogP) is 7.12. The van der Waals surface area contributed by atoms with Gasteiger partial charge in [-0.25, -0.2) is 14.4 Å².